The number of carbonyl (C=O) groups is 1. The van der Waals surface area contributed by atoms with Crippen molar-refractivity contribution in [1.29, 1.82) is 0 Å². The topological polar surface area (TPSA) is 51.2 Å². The van der Waals surface area contributed by atoms with Crippen molar-refractivity contribution in [3.05, 3.63) is 40.9 Å². The van der Waals surface area contributed by atoms with E-state index < -0.39 is 0 Å². The standard InChI is InChI=1S/C16H20N2O2S/c1-11(2)14-10-17-16(21-14)18-15(19)9-6-12-4-7-13(20-3)8-5-12/h4-5,7-8,10-11H,6,9H2,1-3H3,(H,17,18,19). The first-order valence-electron chi connectivity index (χ1n) is 6.97. The molecule has 112 valence electrons. The second kappa shape index (κ2) is 7.22. The highest BCUT2D eigenvalue weighted by atomic mass is 32.1. The molecule has 0 fully saturated rings. The maximum Gasteiger partial charge on any atom is 0.226 e. The number of anilines is 1. The second-order valence-electron chi connectivity index (χ2n) is 5.12. The van der Waals surface area contributed by atoms with Crippen molar-refractivity contribution in [2.45, 2.75) is 32.6 Å². The zero-order valence-electron chi connectivity index (χ0n) is 12.6. The van der Waals surface area contributed by atoms with Crippen molar-refractivity contribution in [3.63, 3.8) is 0 Å². The molecule has 0 bridgehead atoms. The lowest BCUT2D eigenvalue weighted by Crippen LogP contribution is -2.11. The Labute approximate surface area is 129 Å². The quantitative estimate of drug-likeness (QED) is 0.882. The summed E-state index contributed by atoms with van der Waals surface area (Å²) < 4.78 is 5.11. The van der Waals surface area contributed by atoms with E-state index in [4.69, 9.17) is 4.74 Å². The van der Waals surface area contributed by atoms with Crippen LogP contribution in [0.15, 0.2) is 30.5 Å². The van der Waals surface area contributed by atoms with Crippen LogP contribution in [0.4, 0.5) is 5.13 Å². The molecule has 21 heavy (non-hydrogen) atoms. The molecule has 1 N–H and O–H groups in total. The van der Waals surface area contributed by atoms with Gasteiger partial charge in [-0.15, -0.1) is 11.3 Å². The molecular formula is C16H20N2O2S. The Kier molecular flexibility index (Phi) is 5.33. The molecule has 4 nitrogen and oxygen atoms in total. The van der Waals surface area contributed by atoms with Gasteiger partial charge in [0.05, 0.1) is 7.11 Å². The fourth-order valence-corrected chi connectivity index (χ4v) is 2.68. The normalized spacial score (nSPS) is 10.7. The maximum absolute atomic E-state index is 11.9. The Hall–Kier alpha value is -1.88. The molecule has 2 aromatic rings. The van der Waals surface area contributed by atoms with Gasteiger partial charge < -0.3 is 10.1 Å². The van der Waals surface area contributed by atoms with E-state index in [2.05, 4.69) is 24.1 Å². The molecule has 0 unspecified atom stereocenters. The van der Waals surface area contributed by atoms with Gasteiger partial charge in [0.15, 0.2) is 5.13 Å². The van der Waals surface area contributed by atoms with Crippen LogP contribution in [0, 0.1) is 0 Å². The molecule has 1 heterocycles. The minimum absolute atomic E-state index is 0.00419. The van der Waals surface area contributed by atoms with E-state index >= 15 is 0 Å². The molecule has 0 spiro atoms. The second-order valence-corrected chi connectivity index (χ2v) is 6.18. The van der Waals surface area contributed by atoms with Gasteiger partial charge >= 0.3 is 0 Å². The Morgan fingerprint density at radius 1 is 1.33 bits per heavy atom. The number of amides is 1. The monoisotopic (exact) mass is 304 g/mol. The van der Waals surface area contributed by atoms with Gasteiger partial charge in [-0.2, -0.15) is 0 Å². The number of aryl methyl sites for hydroxylation is 1. The predicted octanol–water partition coefficient (Wildman–Crippen LogP) is 3.85. The molecule has 0 saturated carbocycles. The number of aromatic nitrogens is 1. The van der Waals surface area contributed by atoms with Gasteiger partial charge in [0, 0.05) is 17.5 Å². The summed E-state index contributed by atoms with van der Waals surface area (Å²) in [6.07, 6.45) is 2.98. The molecule has 0 aliphatic rings. The lowest BCUT2D eigenvalue weighted by molar-refractivity contribution is -0.116. The molecule has 0 aliphatic heterocycles. The van der Waals surface area contributed by atoms with Crippen LogP contribution in [0.25, 0.3) is 0 Å². The van der Waals surface area contributed by atoms with E-state index in [9.17, 15) is 4.79 Å². The van der Waals surface area contributed by atoms with Crippen LogP contribution in [0.1, 0.15) is 36.6 Å². The maximum atomic E-state index is 11.9. The summed E-state index contributed by atoms with van der Waals surface area (Å²) in [6.45, 7) is 4.23. The highest BCUT2D eigenvalue weighted by molar-refractivity contribution is 7.15. The summed E-state index contributed by atoms with van der Waals surface area (Å²) in [5, 5.41) is 3.53. The van der Waals surface area contributed by atoms with Crippen molar-refractivity contribution in [2.24, 2.45) is 0 Å². The first kappa shape index (κ1) is 15.5. The van der Waals surface area contributed by atoms with Gasteiger partial charge in [-0.05, 0) is 30.0 Å². The van der Waals surface area contributed by atoms with Crippen LogP contribution < -0.4 is 10.1 Å². The number of thiazole rings is 1. The summed E-state index contributed by atoms with van der Waals surface area (Å²) in [5.41, 5.74) is 1.12. The Balaban J connectivity index is 1.83. The van der Waals surface area contributed by atoms with Crippen molar-refractivity contribution >= 4 is 22.4 Å². The van der Waals surface area contributed by atoms with Crippen LogP contribution >= 0.6 is 11.3 Å². The first-order chi connectivity index (χ1) is 10.1. The lowest BCUT2D eigenvalue weighted by atomic mass is 10.1. The zero-order valence-corrected chi connectivity index (χ0v) is 13.4. The third-order valence-electron chi connectivity index (χ3n) is 3.14. The van der Waals surface area contributed by atoms with Gasteiger partial charge in [0.25, 0.3) is 0 Å². The van der Waals surface area contributed by atoms with E-state index in [0.717, 1.165) is 11.3 Å². The van der Waals surface area contributed by atoms with E-state index in [1.54, 1.807) is 7.11 Å². The van der Waals surface area contributed by atoms with Crippen molar-refractivity contribution in [2.75, 3.05) is 12.4 Å². The first-order valence-corrected chi connectivity index (χ1v) is 7.78. The average molecular weight is 304 g/mol. The predicted molar refractivity (Wildman–Crippen MR) is 86.1 cm³/mol. The average Bonchev–Trinajstić information content (AvgIpc) is 2.94. The summed E-state index contributed by atoms with van der Waals surface area (Å²) in [5.74, 6) is 1.26. The molecule has 5 heteroatoms. The molecule has 1 aromatic heterocycles. The molecular weight excluding hydrogens is 284 g/mol. The number of nitrogens with zero attached hydrogens (tertiary/aromatic N) is 1. The molecule has 0 aliphatic carbocycles. The van der Waals surface area contributed by atoms with Gasteiger partial charge in [-0.1, -0.05) is 26.0 Å². The summed E-state index contributed by atoms with van der Waals surface area (Å²) >= 11 is 1.54. The van der Waals surface area contributed by atoms with Crippen LogP contribution in [-0.2, 0) is 11.2 Å². The number of rotatable bonds is 6. The minimum atomic E-state index is -0.00419. The fraction of sp³-hybridized carbons (Fsp3) is 0.375. The Morgan fingerprint density at radius 3 is 2.62 bits per heavy atom. The highest BCUT2D eigenvalue weighted by Crippen LogP contribution is 2.25. The molecule has 0 atom stereocenters. The molecule has 2 rings (SSSR count). The van der Waals surface area contributed by atoms with Crippen molar-refractivity contribution in [1.82, 2.24) is 4.98 Å². The van der Waals surface area contributed by atoms with E-state index in [0.29, 0.717) is 23.9 Å². The molecule has 0 saturated heterocycles. The Morgan fingerprint density at radius 2 is 2.05 bits per heavy atom. The smallest absolute Gasteiger partial charge is 0.226 e. The van der Waals surface area contributed by atoms with Gasteiger partial charge in [0.2, 0.25) is 5.91 Å². The van der Waals surface area contributed by atoms with Crippen LogP contribution in [0.2, 0.25) is 0 Å². The van der Waals surface area contributed by atoms with E-state index in [1.807, 2.05) is 30.5 Å². The van der Waals surface area contributed by atoms with Crippen molar-refractivity contribution in [3.8, 4) is 5.75 Å². The fourth-order valence-electron chi connectivity index (χ4n) is 1.84. The number of benzene rings is 1. The van der Waals surface area contributed by atoms with Crippen LogP contribution in [-0.4, -0.2) is 18.0 Å². The molecule has 1 aromatic carbocycles. The van der Waals surface area contributed by atoms with Gasteiger partial charge in [-0.25, -0.2) is 4.98 Å². The third kappa shape index (κ3) is 4.56. The number of hydrogen-bond donors (Lipinski definition) is 1. The Bertz CT molecular complexity index is 591. The summed E-state index contributed by atoms with van der Waals surface area (Å²) in [7, 11) is 1.64. The highest BCUT2D eigenvalue weighted by Gasteiger charge is 2.09. The zero-order chi connectivity index (χ0) is 15.2. The van der Waals surface area contributed by atoms with E-state index in [1.165, 1.54) is 16.2 Å². The largest absolute Gasteiger partial charge is 0.497 e. The SMILES string of the molecule is COc1ccc(CCC(=O)Nc2ncc(C(C)C)s2)cc1. The summed E-state index contributed by atoms with van der Waals surface area (Å²) in [6, 6.07) is 7.77. The van der Waals surface area contributed by atoms with E-state index in [-0.39, 0.29) is 5.91 Å². The number of methoxy groups -OCH3 is 1. The minimum Gasteiger partial charge on any atom is -0.497 e. The van der Waals surface area contributed by atoms with Gasteiger partial charge in [-0.3, -0.25) is 4.79 Å². The summed E-state index contributed by atoms with van der Waals surface area (Å²) in [4.78, 5) is 17.3. The molecule has 0 radical (unpaired) electrons. The lowest BCUT2D eigenvalue weighted by Gasteiger charge is -2.04. The number of carbonyl (C=O) groups excluding carboxylic acids is 1. The number of nitrogens with one attached hydrogen (secondary N) is 1. The van der Waals surface area contributed by atoms with Gasteiger partial charge in [0.1, 0.15) is 5.75 Å². The van der Waals surface area contributed by atoms with Crippen LogP contribution in [0.5, 0.6) is 5.75 Å². The number of ether oxygens (including phenoxy) is 1. The number of hydrogen-bond acceptors (Lipinski definition) is 4. The molecule has 1 amide bonds. The third-order valence-corrected chi connectivity index (χ3v) is 4.35. The van der Waals surface area contributed by atoms with Crippen molar-refractivity contribution < 1.29 is 9.53 Å². The van der Waals surface area contributed by atoms with Crippen LogP contribution in [0.3, 0.4) is 0 Å².